The van der Waals surface area contributed by atoms with Crippen LogP contribution in [0.1, 0.15) is 33.6 Å². The molecule has 1 saturated heterocycles. The van der Waals surface area contributed by atoms with E-state index in [1.54, 1.807) is 4.90 Å². The monoisotopic (exact) mass is 214 g/mol. The molecular weight excluding hydrogens is 192 g/mol. The van der Waals surface area contributed by atoms with Gasteiger partial charge in [-0.2, -0.15) is 0 Å². The van der Waals surface area contributed by atoms with Gasteiger partial charge in [0.2, 0.25) is 0 Å². The number of ether oxygens (including phenoxy) is 1. The quantitative estimate of drug-likeness (QED) is 0.759. The molecule has 4 heteroatoms. The Hall–Kier alpha value is -0.770. The van der Waals surface area contributed by atoms with Crippen molar-refractivity contribution in [2.24, 2.45) is 0 Å². The molecule has 0 aromatic rings. The van der Waals surface area contributed by atoms with Crippen LogP contribution >= 0.6 is 0 Å². The summed E-state index contributed by atoms with van der Waals surface area (Å²) in [6.07, 6.45) is 1.66. The first-order chi connectivity index (χ1) is 7.05. The summed E-state index contributed by atoms with van der Waals surface area (Å²) in [5, 5.41) is 3.26. The van der Waals surface area contributed by atoms with Crippen molar-refractivity contribution in [3.8, 4) is 0 Å². The van der Waals surface area contributed by atoms with Gasteiger partial charge in [0.25, 0.3) is 0 Å². The molecule has 1 amide bonds. The van der Waals surface area contributed by atoms with E-state index in [1.807, 2.05) is 20.8 Å². The molecule has 1 heterocycles. The van der Waals surface area contributed by atoms with Crippen LogP contribution in [0.25, 0.3) is 0 Å². The molecule has 1 aliphatic heterocycles. The molecule has 1 rings (SSSR count). The highest BCUT2D eigenvalue weighted by atomic mass is 16.6. The zero-order valence-electron chi connectivity index (χ0n) is 10.0. The second-order valence-electron chi connectivity index (χ2n) is 4.57. The summed E-state index contributed by atoms with van der Waals surface area (Å²) in [4.78, 5) is 13.6. The number of nitrogens with one attached hydrogen (secondary N) is 1. The summed E-state index contributed by atoms with van der Waals surface area (Å²) in [5.41, 5.74) is -0.350. The molecule has 0 saturated carbocycles. The SMILES string of the molecule is CCC(C)(C)OC(=O)N1CCCNCC1. The third kappa shape index (κ3) is 4.08. The van der Waals surface area contributed by atoms with Crippen LogP contribution in [0.2, 0.25) is 0 Å². The van der Waals surface area contributed by atoms with Crippen LogP contribution in [-0.4, -0.2) is 42.8 Å². The lowest BCUT2D eigenvalue weighted by atomic mass is 10.1. The fourth-order valence-electron chi connectivity index (χ4n) is 1.40. The standard InChI is InChI=1S/C11H22N2O2/c1-4-11(2,3)15-10(14)13-8-5-6-12-7-9-13/h12H,4-9H2,1-3H3. The van der Waals surface area contributed by atoms with E-state index in [2.05, 4.69) is 5.32 Å². The average molecular weight is 214 g/mol. The molecule has 0 spiro atoms. The van der Waals surface area contributed by atoms with Gasteiger partial charge in [0.05, 0.1) is 0 Å². The molecule has 4 nitrogen and oxygen atoms in total. The topological polar surface area (TPSA) is 41.6 Å². The molecule has 15 heavy (non-hydrogen) atoms. The predicted molar refractivity (Wildman–Crippen MR) is 59.9 cm³/mol. The maximum absolute atomic E-state index is 11.8. The van der Waals surface area contributed by atoms with E-state index in [0.29, 0.717) is 0 Å². The van der Waals surface area contributed by atoms with Crippen LogP contribution in [-0.2, 0) is 4.74 Å². The van der Waals surface area contributed by atoms with Crippen LogP contribution in [0, 0.1) is 0 Å². The number of carbonyl (C=O) groups is 1. The zero-order chi connectivity index (χ0) is 11.3. The second-order valence-corrected chi connectivity index (χ2v) is 4.57. The third-order valence-corrected chi connectivity index (χ3v) is 2.81. The number of hydrogen-bond acceptors (Lipinski definition) is 3. The van der Waals surface area contributed by atoms with E-state index in [1.165, 1.54) is 0 Å². The van der Waals surface area contributed by atoms with E-state index < -0.39 is 0 Å². The largest absolute Gasteiger partial charge is 0.443 e. The van der Waals surface area contributed by atoms with E-state index in [-0.39, 0.29) is 11.7 Å². The number of amides is 1. The summed E-state index contributed by atoms with van der Waals surface area (Å²) in [6, 6.07) is 0. The summed E-state index contributed by atoms with van der Waals surface area (Å²) in [6.45, 7) is 9.31. The maximum Gasteiger partial charge on any atom is 0.410 e. The van der Waals surface area contributed by atoms with Gasteiger partial charge in [-0.15, -0.1) is 0 Å². The molecule has 1 N–H and O–H groups in total. The van der Waals surface area contributed by atoms with Gasteiger partial charge in [-0.3, -0.25) is 0 Å². The van der Waals surface area contributed by atoms with Crippen LogP contribution < -0.4 is 5.32 Å². The van der Waals surface area contributed by atoms with Crippen molar-refractivity contribution in [3.63, 3.8) is 0 Å². The molecule has 0 aromatic heterocycles. The first-order valence-corrected chi connectivity index (χ1v) is 5.74. The molecule has 88 valence electrons. The molecule has 0 bridgehead atoms. The third-order valence-electron chi connectivity index (χ3n) is 2.81. The predicted octanol–water partition coefficient (Wildman–Crippen LogP) is 1.61. The van der Waals surface area contributed by atoms with Crippen LogP contribution in [0.4, 0.5) is 4.79 Å². The molecular formula is C11H22N2O2. The number of rotatable bonds is 2. The number of carbonyl (C=O) groups excluding carboxylic acids is 1. The molecule has 0 unspecified atom stereocenters. The summed E-state index contributed by atoms with van der Waals surface area (Å²) < 4.78 is 5.44. The van der Waals surface area contributed by atoms with Crippen LogP contribution in [0.3, 0.4) is 0 Å². The Kier molecular flexibility index (Phi) is 4.39. The van der Waals surface area contributed by atoms with Gasteiger partial charge in [0, 0.05) is 19.6 Å². The smallest absolute Gasteiger partial charge is 0.410 e. The fourth-order valence-corrected chi connectivity index (χ4v) is 1.40. The number of nitrogens with zero attached hydrogens (tertiary/aromatic N) is 1. The highest BCUT2D eigenvalue weighted by Gasteiger charge is 2.24. The van der Waals surface area contributed by atoms with Crippen molar-refractivity contribution in [2.75, 3.05) is 26.2 Å². The van der Waals surface area contributed by atoms with Gasteiger partial charge < -0.3 is 15.0 Å². The van der Waals surface area contributed by atoms with Gasteiger partial charge in [-0.05, 0) is 33.2 Å². The van der Waals surface area contributed by atoms with E-state index in [9.17, 15) is 4.79 Å². The Morgan fingerprint density at radius 1 is 1.40 bits per heavy atom. The lowest BCUT2D eigenvalue weighted by molar-refractivity contribution is 0.0125. The maximum atomic E-state index is 11.8. The normalized spacial score (nSPS) is 18.5. The van der Waals surface area contributed by atoms with Crippen molar-refractivity contribution in [2.45, 2.75) is 39.2 Å². The van der Waals surface area contributed by atoms with Gasteiger partial charge >= 0.3 is 6.09 Å². The molecule has 0 aliphatic carbocycles. The van der Waals surface area contributed by atoms with E-state index in [0.717, 1.165) is 39.0 Å². The lowest BCUT2D eigenvalue weighted by Crippen LogP contribution is -2.39. The van der Waals surface area contributed by atoms with Gasteiger partial charge in [0.15, 0.2) is 0 Å². The molecule has 0 atom stereocenters. The van der Waals surface area contributed by atoms with Crippen molar-refractivity contribution in [1.82, 2.24) is 10.2 Å². The Morgan fingerprint density at radius 2 is 2.13 bits per heavy atom. The second kappa shape index (κ2) is 5.35. The fraction of sp³-hybridized carbons (Fsp3) is 0.909. The van der Waals surface area contributed by atoms with Crippen molar-refractivity contribution < 1.29 is 9.53 Å². The Balaban J connectivity index is 2.44. The van der Waals surface area contributed by atoms with Crippen molar-refractivity contribution in [3.05, 3.63) is 0 Å². The summed E-state index contributed by atoms with van der Waals surface area (Å²) in [5.74, 6) is 0. The Morgan fingerprint density at radius 3 is 2.80 bits per heavy atom. The minimum atomic E-state index is -0.350. The van der Waals surface area contributed by atoms with Crippen LogP contribution in [0.5, 0.6) is 0 Å². The molecule has 0 aromatic carbocycles. The molecule has 0 radical (unpaired) electrons. The van der Waals surface area contributed by atoms with Crippen LogP contribution in [0.15, 0.2) is 0 Å². The highest BCUT2D eigenvalue weighted by Crippen LogP contribution is 2.15. The van der Waals surface area contributed by atoms with Gasteiger partial charge in [-0.1, -0.05) is 6.92 Å². The molecule has 1 aliphatic rings. The van der Waals surface area contributed by atoms with E-state index >= 15 is 0 Å². The minimum absolute atomic E-state index is 0.175. The molecule has 1 fully saturated rings. The Labute approximate surface area is 92.0 Å². The first-order valence-electron chi connectivity index (χ1n) is 5.74. The van der Waals surface area contributed by atoms with Gasteiger partial charge in [0.1, 0.15) is 5.60 Å². The average Bonchev–Trinajstić information content (AvgIpc) is 2.45. The highest BCUT2D eigenvalue weighted by molar-refractivity contribution is 5.68. The minimum Gasteiger partial charge on any atom is -0.443 e. The summed E-state index contributed by atoms with van der Waals surface area (Å²) in [7, 11) is 0. The van der Waals surface area contributed by atoms with E-state index in [4.69, 9.17) is 4.74 Å². The van der Waals surface area contributed by atoms with Gasteiger partial charge in [-0.25, -0.2) is 4.79 Å². The lowest BCUT2D eigenvalue weighted by Gasteiger charge is -2.28. The van der Waals surface area contributed by atoms with Crippen molar-refractivity contribution >= 4 is 6.09 Å². The van der Waals surface area contributed by atoms with Crippen molar-refractivity contribution in [1.29, 1.82) is 0 Å². The Bertz CT molecular complexity index is 209. The number of hydrogen-bond donors (Lipinski definition) is 1. The summed E-state index contributed by atoms with van der Waals surface area (Å²) >= 11 is 0. The zero-order valence-corrected chi connectivity index (χ0v) is 10.0. The first kappa shape index (κ1) is 12.3.